The number of hydrogen-bond donors (Lipinski definition) is 1. The Labute approximate surface area is 59.9 Å². The summed E-state index contributed by atoms with van der Waals surface area (Å²) in [6.07, 6.45) is 0. The maximum absolute atomic E-state index is 10.4. The second-order valence-corrected chi connectivity index (χ2v) is 5.18. The molecule has 0 amide bonds. The Balaban J connectivity index is 3.90. The Bertz CT molecular complexity index is 133. The Kier molecular flexibility index (Phi) is 2.80. The standard InChI is InChI=1S/C4H11O3PS/c1-4(2,3)7-8(5,6)9/h1-3H3,(H2,5,6,9)/p-1. The fourth-order valence-corrected chi connectivity index (χ4v) is 1.71. The van der Waals surface area contributed by atoms with Crippen molar-refractivity contribution in [2.24, 2.45) is 0 Å². The third-order valence-corrected chi connectivity index (χ3v) is 1.39. The summed E-state index contributed by atoms with van der Waals surface area (Å²) in [7, 11) is 0. The van der Waals surface area contributed by atoms with E-state index in [4.69, 9.17) is 4.89 Å². The number of rotatable bonds is 1. The molecule has 0 aromatic heterocycles. The maximum Gasteiger partial charge on any atom is 0.113 e. The van der Waals surface area contributed by atoms with E-state index < -0.39 is 12.3 Å². The second-order valence-electron chi connectivity index (χ2n) is 2.67. The summed E-state index contributed by atoms with van der Waals surface area (Å²) >= 11 is 4.12. The predicted octanol–water partition coefficient (Wildman–Crippen LogP) is 0.379. The maximum atomic E-state index is 10.4. The highest BCUT2D eigenvalue weighted by Crippen LogP contribution is 2.36. The molecule has 0 aliphatic carbocycles. The van der Waals surface area contributed by atoms with Crippen LogP contribution in [-0.4, -0.2) is 10.5 Å². The van der Waals surface area contributed by atoms with E-state index in [1.165, 1.54) is 0 Å². The summed E-state index contributed by atoms with van der Waals surface area (Å²) in [5.41, 5.74) is -0.633. The molecule has 0 aliphatic rings. The first-order valence-corrected chi connectivity index (χ1v) is 5.04. The predicted molar refractivity (Wildman–Crippen MR) is 37.3 cm³/mol. The molecule has 5 heteroatoms. The van der Waals surface area contributed by atoms with Gasteiger partial charge in [-0.05, 0) is 20.8 Å². The minimum atomic E-state index is -3.70. The van der Waals surface area contributed by atoms with Gasteiger partial charge in [-0.3, -0.25) is 0 Å². The normalized spacial score (nSPS) is 19.2. The zero-order valence-electron chi connectivity index (χ0n) is 5.62. The minimum absolute atomic E-state index is 0.633. The smallest absolute Gasteiger partial charge is 0.113 e. The molecule has 0 bridgehead atoms. The zero-order chi connectivity index (χ0) is 7.71. The molecule has 0 radical (unpaired) electrons. The van der Waals surface area contributed by atoms with Gasteiger partial charge in [-0.2, -0.15) is 0 Å². The zero-order valence-corrected chi connectivity index (χ0v) is 7.33. The van der Waals surface area contributed by atoms with Crippen LogP contribution in [-0.2, 0) is 16.3 Å². The van der Waals surface area contributed by atoms with Gasteiger partial charge in [-0.15, -0.1) is 0 Å². The first-order chi connectivity index (χ1) is 3.71. The highest BCUT2D eigenvalue weighted by Gasteiger charge is 2.13. The van der Waals surface area contributed by atoms with Crippen LogP contribution < -0.4 is 4.89 Å². The molecule has 0 aromatic rings. The summed E-state index contributed by atoms with van der Waals surface area (Å²) in [5.74, 6) is 0. The highest BCUT2D eigenvalue weighted by molar-refractivity contribution is 8.06. The van der Waals surface area contributed by atoms with E-state index in [-0.39, 0.29) is 0 Å². The highest BCUT2D eigenvalue weighted by atomic mass is 32.5. The molecule has 0 fully saturated rings. The first-order valence-electron chi connectivity index (χ1n) is 2.45. The van der Waals surface area contributed by atoms with E-state index in [0.717, 1.165) is 0 Å². The molecule has 0 saturated carbocycles. The van der Waals surface area contributed by atoms with E-state index >= 15 is 0 Å². The molecule has 0 rings (SSSR count). The Morgan fingerprint density at radius 3 is 1.89 bits per heavy atom. The van der Waals surface area contributed by atoms with Gasteiger partial charge in [0, 0.05) is 0 Å². The van der Waals surface area contributed by atoms with Crippen LogP contribution >= 0.6 is 6.72 Å². The lowest BCUT2D eigenvalue weighted by atomic mass is 10.2. The van der Waals surface area contributed by atoms with Gasteiger partial charge in [0.1, 0.15) is 6.72 Å². The average Bonchev–Trinajstić information content (AvgIpc) is 1.14. The van der Waals surface area contributed by atoms with Crippen LogP contribution in [0, 0.1) is 0 Å². The van der Waals surface area contributed by atoms with Crippen molar-refractivity contribution in [3.05, 3.63) is 0 Å². The van der Waals surface area contributed by atoms with Crippen LogP contribution in [0.25, 0.3) is 0 Å². The van der Waals surface area contributed by atoms with Crippen LogP contribution in [0.15, 0.2) is 0 Å². The van der Waals surface area contributed by atoms with Crippen molar-refractivity contribution in [1.82, 2.24) is 0 Å². The van der Waals surface area contributed by atoms with Gasteiger partial charge in [0.2, 0.25) is 0 Å². The van der Waals surface area contributed by atoms with Gasteiger partial charge in [0.25, 0.3) is 0 Å². The van der Waals surface area contributed by atoms with Crippen molar-refractivity contribution in [3.63, 3.8) is 0 Å². The lowest BCUT2D eigenvalue weighted by molar-refractivity contribution is -0.209. The monoisotopic (exact) mass is 169 g/mol. The third kappa shape index (κ3) is 8.53. The van der Waals surface area contributed by atoms with E-state index in [0.29, 0.717) is 0 Å². The third-order valence-electron chi connectivity index (χ3n) is 0.389. The van der Waals surface area contributed by atoms with Crippen LogP contribution in [0.2, 0.25) is 0 Å². The lowest BCUT2D eigenvalue weighted by Crippen LogP contribution is -2.20. The molecular formula is C4H10O3PS-. The summed E-state index contributed by atoms with van der Waals surface area (Å²) in [6.45, 7) is 1.30. The van der Waals surface area contributed by atoms with Gasteiger partial charge >= 0.3 is 0 Å². The van der Waals surface area contributed by atoms with Crippen LogP contribution in [0.4, 0.5) is 0 Å². The molecule has 1 N–H and O–H groups in total. The Morgan fingerprint density at radius 1 is 1.56 bits per heavy atom. The SMILES string of the molecule is CC(C)(C)OP([O-])(O)=S. The van der Waals surface area contributed by atoms with E-state index in [2.05, 4.69) is 16.3 Å². The van der Waals surface area contributed by atoms with Crippen molar-refractivity contribution >= 4 is 18.5 Å². The van der Waals surface area contributed by atoms with Gasteiger partial charge in [-0.25, -0.2) is 0 Å². The molecule has 3 nitrogen and oxygen atoms in total. The van der Waals surface area contributed by atoms with E-state index in [1.807, 2.05) is 0 Å². The fraction of sp³-hybridized carbons (Fsp3) is 1.00. The van der Waals surface area contributed by atoms with Gasteiger partial charge < -0.3 is 14.3 Å². The summed E-state index contributed by atoms with van der Waals surface area (Å²) < 4.78 is 4.55. The molecule has 9 heavy (non-hydrogen) atoms. The molecule has 56 valence electrons. The van der Waals surface area contributed by atoms with E-state index in [1.54, 1.807) is 20.8 Å². The molecule has 0 spiro atoms. The summed E-state index contributed by atoms with van der Waals surface area (Å²) in [6, 6.07) is 0. The largest absolute Gasteiger partial charge is 0.780 e. The Hall–Kier alpha value is 0.530. The van der Waals surface area contributed by atoms with Crippen molar-refractivity contribution in [2.45, 2.75) is 26.4 Å². The van der Waals surface area contributed by atoms with E-state index in [9.17, 15) is 4.89 Å². The van der Waals surface area contributed by atoms with Crippen LogP contribution in [0.1, 0.15) is 20.8 Å². The molecular weight excluding hydrogens is 159 g/mol. The lowest BCUT2D eigenvalue weighted by Gasteiger charge is -2.29. The molecule has 1 atom stereocenters. The summed E-state index contributed by atoms with van der Waals surface area (Å²) in [5, 5.41) is 0. The van der Waals surface area contributed by atoms with Gasteiger partial charge in [0.05, 0.1) is 5.60 Å². The summed E-state index contributed by atoms with van der Waals surface area (Å²) in [4.78, 5) is 18.9. The molecule has 0 saturated heterocycles. The molecule has 0 aromatic carbocycles. The van der Waals surface area contributed by atoms with Crippen LogP contribution in [0.3, 0.4) is 0 Å². The molecule has 0 aliphatic heterocycles. The Morgan fingerprint density at radius 2 is 1.89 bits per heavy atom. The molecule has 1 unspecified atom stereocenters. The van der Waals surface area contributed by atoms with Crippen molar-refractivity contribution < 1.29 is 14.3 Å². The quantitative estimate of drug-likeness (QED) is 0.576. The number of hydrogen-bond acceptors (Lipinski definition) is 3. The van der Waals surface area contributed by atoms with Crippen molar-refractivity contribution in [3.8, 4) is 0 Å². The van der Waals surface area contributed by atoms with Gasteiger partial charge in [0.15, 0.2) is 0 Å². The molecule has 0 heterocycles. The van der Waals surface area contributed by atoms with Gasteiger partial charge in [-0.1, -0.05) is 11.8 Å². The van der Waals surface area contributed by atoms with Crippen LogP contribution in [0.5, 0.6) is 0 Å². The fourth-order valence-electron chi connectivity index (χ4n) is 0.346. The van der Waals surface area contributed by atoms with Crippen molar-refractivity contribution in [2.75, 3.05) is 0 Å². The minimum Gasteiger partial charge on any atom is -0.780 e. The second kappa shape index (κ2) is 2.64. The van der Waals surface area contributed by atoms with Crippen molar-refractivity contribution in [1.29, 1.82) is 0 Å². The average molecular weight is 169 g/mol. The topological polar surface area (TPSA) is 52.5 Å². The first kappa shape index (κ1) is 9.53.